The van der Waals surface area contributed by atoms with Crippen molar-refractivity contribution in [3.8, 4) is 0 Å². The van der Waals surface area contributed by atoms with Crippen LogP contribution in [0.2, 0.25) is 0 Å². The molecule has 0 spiro atoms. The van der Waals surface area contributed by atoms with Gasteiger partial charge in [-0.05, 0) is 11.8 Å². The van der Waals surface area contributed by atoms with Gasteiger partial charge in [0.2, 0.25) is 0 Å². The van der Waals surface area contributed by atoms with Gasteiger partial charge in [0.05, 0.1) is 18.8 Å². The number of anilines is 1. The maximum Gasteiger partial charge on any atom is 0.263 e. The topological polar surface area (TPSA) is 74.2 Å². The maximum absolute atomic E-state index is 12.1. The highest BCUT2D eigenvalue weighted by Crippen LogP contribution is 2.22. The van der Waals surface area contributed by atoms with Crippen molar-refractivity contribution in [2.75, 3.05) is 18.5 Å². The predicted octanol–water partition coefficient (Wildman–Crippen LogP) is 2.27. The van der Waals surface area contributed by atoms with Crippen LogP contribution in [0.5, 0.6) is 0 Å². The van der Waals surface area contributed by atoms with Crippen molar-refractivity contribution in [2.24, 2.45) is 5.41 Å². The Labute approximate surface area is 124 Å². The minimum absolute atomic E-state index is 0.0467. The van der Waals surface area contributed by atoms with E-state index in [4.69, 9.17) is 0 Å². The number of rotatable bonds is 7. The lowest BCUT2D eigenvalue weighted by Crippen LogP contribution is -2.39. The standard InChI is InChI=1S/C14H23N3O2S/c1-5-6-15-13-16-8-11(20-13)12(19)17-10(9-18)7-14(2,3)4/h5,8,10,18H,1,6-7,9H2,2-4H3,(H,15,16)(H,17,19). The SMILES string of the molecule is C=CCNc1ncc(C(=O)NC(CO)CC(C)(C)C)s1. The molecule has 1 aromatic rings. The van der Waals surface area contributed by atoms with Crippen LogP contribution in [0, 0.1) is 5.41 Å². The summed E-state index contributed by atoms with van der Waals surface area (Å²) in [6.45, 7) is 10.4. The van der Waals surface area contributed by atoms with Gasteiger partial charge in [-0.25, -0.2) is 4.98 Å². The smallest absolute Gasteiger partial charge is 0.263 e. The molecule has 0 fully saturated rings. The third-order valence-electron chi connectivity index (χ3n) is 2.54. The molecule has 3 N–H and O–H groups in total. The van der Waals surface area contributed by atoms with Gasteiger partial charge >= 0.3 is 0 Å². The van der Waals surface area contributed by atoms with Gasteiger partial charge < -0.3 is 15.7 Å². The molecule has 1 atom stereocenters. The number of aromatic nitrogens is 1. The Morgan fingerprint density at radius 1 is 1.60 bits per heavy atom. The third kappa shape index (κ3) is 5.71. The fraction of sp³-hybridized carbons (Fsp3) is 0.571. The van der Waals surface area contributed by atoms with Crippen molar-refractivity contribution >= 4 is 22.4 Å². The lowest BCUT2D eigenvalue weighted by Gasteiger charge is -2.25. The Morgan fingerprint density at radius 2 is 2.30 bits per heavy atom. The first kappa shape index (κ1) is 16.7. The molecule has 0 aliphatic rings. The lowest BCUT2D eigenvalue weighted by atomic mass is 9.88. The van der Waals surface area contributed by atoms with E-state index in [0.717, 1.165) is 6.42 Å². The van der Waals surface area contributed by atoms with Gasteiger partial charge in [0, 0.05) is 6.54 Å². The Kier molecular flexibility index (Phi) is 6.16. The van der Waals surface area contributed by atoms with Gasteiger partial charge in [0.25, 0.3) is 5.91 Å². The zero-order chi connectivity index (χ0) is 15.2. The maximum atomic E-state index is 12.1. The quantitative estimate of drug-likeness (QED) is 0.675. The molecule has 0 saturated carbocycles. The van der Waals surface area contributed by atoms with E-state index in [0.29, 0.717) is 16.6 Å². The summed E-state index contributed by atoms with van der Waals surface area (Å²) in [5, 5.41) is 15.9. The van der Waals surface area contributed by atoms with Crippen LogP contribution in [0.1, 0.15) is 36.9 Å². The van der Waals surface area contributed by atoms with E-state index in [9.17, 15) is 9.90 Å². The van der Waals surface area contributed by atoms with Crippen molar-refractivity contribution in [1.82, 2.24) is 10.3 Å². The molecule has 20 heavy (non-hydrogen) atoms. The molecule has 112 valence electrons. The number of amides is 1. The summed E-state index contributed by atoms with van der Waals surface area (Å²) >= 11 is 1.29. The van der Waals surface area contributed by atoms with Crippen molar-refractivity contribution in [3.05, 3.63) is 23.7 Å². The number of carbonyl (C=O) groups is 1. The fourth-order valence-corrected chi connectivity index (χ4v) is 2.50. The second kappa shape index (κ2) is 7.40. The number of aliphatic hydroxyl groups is 1. The minimum Gasteiger partial charge on any atom is -0.394 e. The van der Waals surface area contributed by atoms with Crippen LogP contribution in [0.3, 0.4) is 0 Å². The van der Waals surface area contributed by atoms with Crippen LogP contribution >= 0.6 is 11.3 Å². The van der Waals surface area contributed by atoms with E-state index in [1.807, 2.05) is 0 Å². The molecule has 1 heterocycles. The third-order valence-corrected chi connectivity index (χ3v) is 3.50. The number of carbonyl (C=O) groups excluding carboxylic acids is 1. The van der Waals surface area contributed by atoms with Gasteiger partial charge in [0.15, 0.2) is 5.13 Å². The lowest BCUT2D eigenvalue weighted by molar-refractivity contribution is 0.0901. The molecule has 0 aliphatic carbocycles. The number of hydrogen-bond donors (Lipinski definition) is 3. The molecule has 1 aromatic heterocycles. The van der Waals surface area contributed by atoms with Crippen LogP contribution < -0.4 is 10.6 Å². The summed E-state index contributed by atoms with van der Waals surface area (Å²) in [4.78, 5) is 16.7. The van der Waals surface area contributed by atoms with Crippen molar-refractivity contribution in [2.45, 2.75) is 33.2 Å². The zero-order valence-electron chi connectivity index (χ0n) is 12.3. The molecule has 1 unspecified atom stereocenters. The molecule has 0 aromatic carbocycles. The highest BCUT2D eigenvalue weighted by molar-refractivity contribution is 7.17. The first-order valence-electron chi connectivity index (χ1n) is 6.58. The molecule has 0 saturated heterocycles. The van der Waals surface area contributed by atoms with Crippen molar-refractivity contribution in [1.29, 1.82) is 0 Å². The number of nitrogens with zero attached hydrogens (tertiary/aromatic N) is 1. The summed E-state index contributed by atoms with van der Waals surface area (Å²) in [6.07, 6.45) is 3.98. The van der Waals surface area contributed by atoms with Gasteiger partial charge in [0.1, 0.15) is 4.88 Å². The summed E-state index contributed by atoms with van der Waals surface area (Å²) in [5.41, 5.74) is 0.0467. The van der Waals surface area contributed by atoms with Crippen LogP contribution in [0.4, 0.5) is 5.13 Å². The monoisotopic (exact) mass is 297 g/mol. The first-order valence-corrected chi connectivity index (χ1v) is 7.39. The molecule has 1 rings (SSSR count). The summed E-state index contributed by atoms with van der Waals surface area (Å²) in [5.74, 6) is -0.197. The summed E-state index contributed by atoms with van der Waals surface area (Å²) in [7, 11) is 0. The van der Waals surface area contributed by atoms with Gasteiger partial charge in [-0.1, -0.05) is 38.2 Å². The average molecular weight is 297 g/mol. The van der Waals surface area contributed by atoms with Crippen LogP contribution in [-0.2, 0) is 0 Å². The molecule has 5 nitrogen and oxygen atoms in total. The highest BCUT2D eigenvalue weighted by Gasteiger charge is 2.21. The Balaban J connectivity index is 2.60. The number of aliphatic hydroxyl groups excluding tert-OH is 1. The summed E-state index contributed by atoms with van der Waals surface area (Å²) < 4.78 is 0. The number of hydrogen-bond acceptors (Lipinski definition) is 5. The number of thiazole rings is 1. The van der Waals surface area contributed by atoms with Crippen LogP contribution in [0.25, 0.3) is 0 Å². The Morgan fingerprint density at radius 3 is 2.85 bits per heavy atom. The zero-order valence-corrected chi connectivity index (χ0v) is 13.1. The minimum atomic E-state index is -0.241. The molecule has 6 heteroatoms. The van der Waals surface area contributed by atoms with E-state index >= 15 is 0 Å². The average Bonchev–Trinajstić information content (AvgIpc) is 2.82. The largest absolute Gasteiger partial charge is 0.394 e. The normalized spacial score (nSPS) is 12.8. The molecular formula is C14H23N3O2S. The van der Waals surface area contributed by atoms with Crippen LogP contribution in [-0.4, -0.2) is 35.2 Å². The Bertz CT molecular complexity index is 452. The second-order valence-corrected chi connectivity index (χ2v) is 6.85. The van der Waals surface area contributed by atoms with E-state index in [1.165, 1.54) is 17.5 Å². The molecule has 0 bridgehead atoms. The van der Waals surface area contributed by atoms with E-state index in [2.05, 4.69) is 43.0 Å². The molecule has 0 radical (unpaired) electrons. The molecule has 0 aliphatic heterocycles. The summed E-state index contributed by atoms with van der Waals surface area (Å²) in [6, 6.07) is -0.241. The van der Waals surface area contributed by atoms with E-state index in [1.54, 1.807) is 6.08 Å². The second-order valence-electron chi connectivity index (χ2n) is 5.82. The van der Waals surface area contributed by atoms with Gasteiger partial charge in [-0.15, -0.1) is 6.58 Å². The number of nitrogens with one attached hydrogen (secondary N) is 2. The van der Waals surface area contributed by atoms with E-state index in [-0.39, 0.29) is 24.0 Å². The van der Waals surface area contributed by atoms with Crippen LogP contribution in [0.15, 0.2) is 18.9 Å². The fourth-order valence-electron chi connectivity index (χ4n) is 1.78. The van der Waals surface area contributed by atoms with E-state index < -0.39 is 0 Å². The first-order chi connectivity index (χ1) is 9.35. The molecular weight excluding hydrogens is 274 g/mol. The Hall–Kier alpha value is -1.40. The highest BCUT2D eigenvalue weighted by atomic mass is 32.1. The van der Waals surface area contributed by atoms with Gasteiger partial charge in [-0.2, -0.15) is 0 Å². The molecule has 1 amide bonds. The predicted molar refractivity (Wildman–Crippen MR) is 83.2 cm³/mol. The van der Waals surface area contributed by atoms with Crippen molar-refractivity contribution < 1.29 is 9.90 Å². The van der Waals surface area contributed by atoms with Gasteiger partial charge in [-0.3, -0.25) is 4.79 Å². The van der Waals surface area contributed by atoms with Crippen molar-refractivity contribution in [3.63, 3.8) is 0 Å².